The fourth-order valence-corrected chi connectivity index (χ4v) is 0.822. The highest BCUT2D eigenvalue weighted by Crippen LogP contribution is 1.88. The average Bonchev–Trinajstić information content (AvgIpc) is 2.21. The van der Waals surface area contributed by atoms with Crippen LogP contribution in [0, 0.1) is 0 Å². The predicted molar refractivity (Wildman–Crippen MR) is 50.5 cm³/mol. The molecule has 0 radical (unpaired) electrons. The standard InChI is InChI=1S/C8H13N3O4/c1-6(13)11(2-3-12)8(15)5-10-7(14)4-9/h3H,2,4-5,9H2,1H3,(H,10,14). The summed E-state index contributed by atoms with van der Waals surface area (Å²) in [5.74, 6) is -1.69. The molecule has 7 heteroatoms. The Labute approximate surface area is 86.6 Å². The second-order valence-corrected chi connectivity index (χ2v) is 2.67. The summed E-state index contributed by atoms with van der Waals surface area (Å²) in [5, 5.41) is 2.20. The fraction of sp³-hybridized carbons (Fsp3) is 0.500. The van der Waals surface area contributed by atoms with Crippen molar-refractivity contribution < 1.29 is 19.2 Å². The number of nitrogens with two attached hydrogens (primary N) is 1. The Bertz CT molecular complexity index is 277. The van der Waals surface area contributed by atoms with Gasteiger partial charge < -0.3 is 15.8 Å². The van der Waals surface area contributed by atoms with Crippen LogP contribution < -0.4 is 11.1 Å². The average molecular weight is 215 g/mol. The Morgan fingerprint density at radius 2 is 2.00 bits per heavy atom. The van der Waals surface area contributed by atoms with Gasteiger partial charge in [0.1, 0.15) is 6.29 Å². The molecule has 0 saturated heterocycles. The highest BCUT2D eigenvalue weighted by molar-refractivity contribution is 5.98. The first-order valence-electron chi connectivity index (χ1n) is 4.24. The van der Waals surface area contributed by atoms with E-state index in [1.54, 1.807) is 0 Å². The van der Waals surface area contributed by atoms with Gasteiger partial charge in [0.2, 0.25) is 17.7 Å². The maximum absolute atomic E-state index is 11.3. The molecule has 0 unspecified atom stereocenters. The zero-order chi connectivity index (χ0) is 11.8. The predicted octanol–water partition coefficient (Wildman–Crippen LogP) is -2.36. The largest absolute Gasteiger partial charge is 0.346 e. The molecule has 15 heavy (non-hydrogen) atoms. The van der Waals surface area contributed by atoms with Gasteiger partial charge in [0.05, 0.1) is 19.6 Å². The summed E-state index contributed by atoms with van der Waals surface area (Å²) in [5.41, 5.74) is 4.99. The minimum absolute atomic E-state index is 0.235. The monoisotopic (exact) mass is 215 g/mol. The molecule has 0 rings (SSSR count). The van der Waals surface area contributed by atoms with Crippen molar-refractivity contribution in [3.63, 3.8) is 0 Å². The molecule has 0 aromatic carbocycles. The van der Waals surface area contributed by atoms with Crippen LogP contribution in [0.5, 0.6) is 0 Å². The lowest BCUT2D eigenvalue weighted by atomic mass is 10.4. The van der Waals surface area contributed by atoms with Crippen LogP contribution in [0.25, 0.3) is 0 Å². The molecule has 0 aliphatic carbocycles. The number of nitrogens with zero attached hydrogens (tertiary/aromatic N) is 1. The summed E-state index contributed by atoms with van der Waals surface area (Å²) in [6.45, 7) is 0.267. The van der Waals surface area contributed by atoms with Gasteiger partial charge in [0, 0.05) is 6.92 Å². The molecule has 0 atom stereocenters. The summed E-state index contributed by atoms with van der Waals surface area (Å²) in [6, 6.07) is 0. The molecule has 0 aromatic heterocycles. The minimum Gasteiger partial charge on any atom is -0.346 e. The van der Waals surface area contributed by atoms with E-state index >= 15 is 0 Å². The topological polar surface area (TPSA) is 110 Å². The molecular weight excluding hydrogens is 202 g/mol. The van der Waals surface area contributed by atoms with Gasteiger partial charge in [-0.1, -0.05) is 0 Å². The van der Waals surface area contributed by atoms with E-state index in [2.05, 4.69) is 5.32 Å². The summed E-state index contributed by atoms with van der Waals surface area (Å²) in [6.07, 6.45) is 0.435. The minimum atomic E-state index is -0.642. The molecule has 0 bridgehead atoms. The summed E-state index contributed by atoms with van der Waals surface area (Å²) in [4.78, 5) is 43.8. The maximum atomic E-state index is 11.3. The van der Waals surface area contributed by atoms with Crippen LogP contribution in [0.1, 0.15) is 6.92 Å². The fourth-order valence-electron chi connectivity index (χ4n) is 0.822. The summed E-state index contributed by atoms with van der Waals surface area (Å²) >= 11 is 0. The molecule has 7 nitrogen and oxygen atoms in total. The van der Waals surface area contributed by atoms with Gasteiger partial charge in [-0.2, -0.15) is 0 Å². The number of carbonyl (C=O) groups is 4. The second kappa shape index (κ2) is 6.66. The van der Waals surface area contributed by atoms with Gasteiger partial charge in [-0.15, -0.1) is 0 Å². The molecule has 0 aromatic rings. The SMILES string of the molecule is CC(=O)N(CC=O)C(=O)CNC(=O)CN. The van der Waals surface area contributed by atoms with E-state index < -0.39 is 17.7 Å². The molecular formula is C8H13N3O4. The third kappa shape index (κ3) is 4.87. The number of hydrogen-bond donors (Lipinski definition) is 2. The van der Waals surface area contributed by atoms with Gasteiger partial charge in [-0.3, -0.25) is 19.3 Å². The summed E-state index contributed by atoms with van der Waals surface area (Å²) in [7, 11) is 0. The molecule has 0 spiro atoms. The van der Waals surface area contributed by atoms with E-state index in [0.29, 0.717) is 6.29 Å². The van der Waals surface area contributed by atoms with Crippen molar-refractivity contribution in [2.24, 2.45) is 5.73 Å². The van der Waals surface area contributed by atoms with E-state index in [9.17, 15) is 19.2 Å². The van der Waals surface area contributed by atoms with Crippen molar-refractivity contribution in [1.29, 1.82) is 0 Å². The first-order valence-corrected chi connectivity index (χ1v) is 4.24. The second-order valence-electron chi connectivity index (χ2n) is 2.67. The molecule has 0 saturated carbocycles. The van der Waals surface area contributed by atoms with Gasteiger partial charge in [0.25, 0.3) is 0 Å². The molecule has 0 aliphatic rings. The van der Waals surface area contributed by atoms with E-state index in [4.69, 9.17) is 5.73 Å². The molecule has 3 N–H and O–H groups in total. The summed E-state index contributed by atoms with van der Waals surface area (Å²) < 4.78 is 0. The Hall–Kier alpha value is -1.76. The number of amides is 3. The molecule has 0 heterocycles. The molecule has 3 amide bonds. The number of hydrogen-bond acceptors (Lipinski definition) is 5. The van der Waals surface area contributed by atoms with Crippen LogP contribution in [0.3, 0.4) is 0 Å². The Morgan fingerprint density at radius 3 is 2.40 bits per heavy atom. The van der Waals surface area contributed by atoms with Crippen molar-refractivity contribution in [1.82, 2.24) is 10.2 Å². The van der Waals surface area contributed by atoms with Gasteiger partial charge in [-0.25, -0.2) is 0 Å². The lowest BCUT2D eigenvalue weighted by Gasteiger charge is -2.15. The Morgan fingerprint density at radius 1 is 1.40 bits per heavy atom. The van der Waals surface area contributed by atoms with E-state index in [-0.39, 0.29) is 19.6 Å². The van der Waals surface area contributed by atoms with Crippen molar-refractivity contribution in [2.45, 2.75) is 6.92 Å². The van der Waals surface area contributed by atoms with Gasteiger partial charge in [-0.05, 0) is 0 Å². The zero-order valence-electron chi connectivity index (χ0n) is 8.36. The van der Waals surface area contributed by atoms with Crippen LogP contribution in [0.2, 0.25) is 0 Å². The van der Waals surface area contributed by atoms with E-state index in [1.165, 1.54) is 0 Å². The first-order chi connectivity index (χ1) is 7.02. The number of aldehydes is 1. The van der Waals surface area contributed by atoms with Crippen LogP contribution in [0.15, 0.2) is 0 Å². The van der Waals surface area contributed by atoms with Crippen molar-refractivity contribution in [3.8, 4) is 0 Å². The zero-order valence-corrected chi connectivity index (χ0v) is 8.36. The smallest absolute Gasteiger partial charge is 0.248 e. The van der Waals surface area contributed by atoms with Gasteiger partial charge in [0.15, 0.2) is 0 Å². The third-order valence-electron chi connectivity index (χ3n) is 1.56. The first kappa shape index (κ1) is 13.2. The van der Waals surface area contributed by atoms with Crippen molar-refractivity contribution >= 4 is 24.0 Å². The quantitative estimate of drug-likeness (QED) is 0.498. The van der Waals surface area contributed by atoms with E-state index in [0.717, 1.165) is 11.8 Å². The lowest BCUT2D eigenvalue weighted by molar-refractivity contribution is -0.145. The van der Waals surface area contributed by atoms with Crippen molar-refractivity contribution in [3.05, 3.63) is 0 Å². The van der Waals surface area contributed by atoms with Gasteiger partial charge >= 0.3 is 0 Å². The number of carbonyl (C=O) groups excluding carboxylic acids is 4. The highest BCUT2D eigenvalue weighted by Gasteiger charge is 2.17. The van der Waals surface area contributed by atoms with Crippen molar-refractivity contribution in [2.75, 3.05) is 19.6 Å². The molecule has 0 fully saturated rings. The highest BCUT2D eigenvalue weighted by atomic mass is 16.2. The molecule has 84 valence electrons. The lowest BCUT2D eigenvalue weighted by Crippen LogP contribution is -2.44. The van der Waals surface area contributed by atoms with Crippen LogP contribution in [-0.2, 0) is 19.2 Å². The van der Waals surface area contributed by atoms with Crippen LogP contribution >= 0.6 is 0 Å². The van der Waals surface area contributed by atoms with Crippen LogP contribution in [-0.4, -0.2) is 48.5 Å². The van der Waals surface area contributed by atoms with E-state index in [1.807, 2.05) is 0 Å². The number of imide groups is 1. The number of rotatable bonds is 5. The Balaban J connectivity index is 4.20. The Kier molecular flexibility index (Phi) is 5.88. The van der Waals surface area contributed by atoms with Crippen LogP contribution in [0.4, 0.5) is 0 Å². The maximum Gasteiger partial charge on any atom is 0.248 e. The third-order valence-corrected chi connectivity index (χ3v) is 1.56. The number of nitrogens with one attached hydrogen (secondary N) is 1. The molecule has 0 aliphatic heterocycles. The normalized spacial score (nSPS) is 9.20.